The molecule has 0 bridgehead atoms. The highest BCUT2D eigenvalue weighted by molar-refractivity contribution is 7.98. The molecule has 0 aromatic heterocycles. The third kappa shape index (κ3) is 4.47. The van der Waals surface area contributed by atoms with Gasteiger partial charge in [-0.3, -0.25) is 4.99 Å². The van der Waals surface area contributed by atoms with Crippen LogP contribution in [0.5, 0.6) is 0 Å². The minimum absolute atomic E-state index is 0.714. The van der Waals surface area contributed by atoms with E-state index in [0.29, 0.717) is 5.02 Å². The van der Waals surface area contributed by atoms with Crippen LogP contribution in [0.15, 0.2) is 88.8 Å². The maximum Gasteiger partial charge on any atom is 0.0765 e. The Morgan fingerprint density at radius 1 is 0.826 bits per heavy atom. The molecular formula is C20H16ClNS. The predicted molar refractivity (Wildman–Crippen MR) is 101 cm³/mol. The molecule has 0 radical (unpaired) electrons. The number of nitrogens with zero attached hydrogens (tertiary/aromatic N) is 1. The summed E-state index contributed by atoms with van der Waals surface area (Å²) >= 11 is 7.97. The molecule has 0 unspecified atom stereocenters. The molecule has 0 spiro atoms. The number of para-hydroxylation sites is 1. The Kier molecular flexibility index (Phi) is 5.51. The molecule has 3 aromatic rings. The zero-order valence-corrected chi connectivity index (χ0v) is 14.1. The van der Waals surface area contributed by atoms with E-state index in [4.69, 9.17) is 11.6 Å². The molecule has 0 fully saturated rings. The summed E-state index contributed by atoms with van der Waals surface area (Å²) < 4.78 is 0. The lowest BCUT2D eigenvalue weighted by Gasteiger charge is -2.05. The van der Waals surface area contributed by atoms with Crippen LogP contribution in [0.2, 0.25) is 5.02 Å². The topological polar surface area (TPSA) is 12.4 Å². The summed E-state index contributed by atoms with van der Waals surface area (Å²) in [4.78, 5) is 5.79. The summed E-state index contributed by atoms with van der Waals surface area (Å²) in [6.07, 6.45) is 1.82. The molecule has 114 valence electrons. The van der Waals surface area contributed by atoms with Gasteiger partial charge < -0.3 is 0 Å². The molecule has 3 aromatic carbocycles. The second kappa shape index (κ2) is 8.00. The van der Waals surface area contributed by atoms with Gasteiger partial charge in [0, 0.05) is 27.4 Å². The molecule has 0 saturated heterocycles. The number of thioether (sulfide) groups is 1. The van der Waals surface area contributed by atoms with Gasteiger partial charge in [-0.25, -0.2) is 0 Å². The van der Waals surface area contributed by atoms with Crippen LogP contribution in [-0.2, 0) is 5.75 Å². The van der Waals surface area contributed by atoms with Gasteiger partial charge in [0.2, 0.25) is 0 Å². The summed E-state index contributed by atoms with van der Waals surface area (Å²) in [6.45, 7) is 0. The highest BCUT2D eigenvalue weighted by atomic mass is 35.5. The average Bonchev–Trinajstić information content (AvgIpc) is 2.61. The van der Waals surface area contributed by atoms with Gasteiger partial charge >= 0.3 is 0 Å². The summed E-state index contributed by atoms with van der Waals surface area (Å²) in [5.74, 6) is 0.930. The lowest BCUT2D eigenvalue weighted by atomic mass is 10.2. The van der Waals surface area contributed by atoms with Crippen molar-refractivity contribution in [3.05, 3.63) is 95.0 Å². The number of benzene rings is 3. The van der Waals surface area contributed by atoms with E-state index in [1.54, 1.807) is 11.8 Å². The van der Waals surface area contributed by atoms with E-state index in [0.717, 1.165) is 17.0 Å². The van der Waals surface area contributed by atoms with E-state index in [1.807, 2.05) is 54.7 Å². The normalized spacial score (nSPS) is 11.0. The molecule has 0 saturated carbocycles. The van der Waals surface area contributed by atoms with Crippen molar-refractivity contribution in [3.63, 3.8) is 0 Å². The zero-order chi connectivity index (χ0) is 15.9. The SMILES string of the molecule is Clc1ccccc1C=Nc1ccccc1SCc1ccccc1. The van der Waals surface area contributed by atoms with Crippen molar-refractivity contribution in [2.75, 3.05) is 0 Å². The molecule has 3 rings (SSSR count). The largest absolute Gasteiger partial charge is 0.255 e. The molecule has 0 heterocycles. The van der Waals surface area contributed by atoms with Crippen molar-refractivity contribution in [1.29, 1.82) is 0 Å². The third-order valence-corrected chi connectivity index (χ3v) is 4.83. The predicted octanol–water partition coefficient (Wildman–Crippen LogP) is 6.38. The van der Waals surface area contributed by atoms with Crippen LogP contribution in [0.25, 0.3) is 0 Å². The van der Waals surface area contributed by atoms with E-state index in [2.05, 4.69) is 35.3 Å². The lowest BCUT2D eigenvalue weighted by molar-refractivity contribution is 1.35. The highest BCUT2D eigenvalue weighted by Crippen LogP contribution is 2.31. The average molecular weight is 338 g/mol. The molecule has 0 atom stereocenters. The first-order chi connectivity index (χ1) is 11.3. The molecule has 0 aliphatic rings. The first kappa shape index (κ1) is 15.9. The molecule has 0 N–H and O–H groups in total. The van der Waals surface area contributed by atoms with Gasteiger partial charge in [0.15, 0.2) is 0 Å². The van der Waals surface area contributed by atoms with Gasteiger partial charge in [-0.2, -0.15) is 0 Å². The van der Waals surface area contributed by atoms with Crippen molar-refractivity contribution in [3.8, 4) is 0 Å². The van der Waals surface area contributed by atoms with Crippen LogP contribution >= 0.6 is 23.4 Å². The number of rotatable bonds is 5. The summed E-state index contributed by atoms with van der Waals surface area (Å²) in [5.41, 5.74) is 3.20. The van der Waals surface area contributed by atoms with E-state index in [1.165, 1.54) is 10.5 Å². The van der Waals surface area contributed by atoms with Crippen LogP contribution in [0, 0.1) is 0 Å². The van der Waals surface area contributed by atoms with Crippen LogP contribution in [-0.4, -0.2) is 6.21 Å². The zero-order valence-electron chi connectivity index (χ0n) is 12.5. The van der Waals surface area contributed by atoms with E-state index >= 15 is 0 Å². The Morgan fingerprint density at radius 3 is 2.35 bits per heavy atom. The fourth-order valence-corrected chi connectivity index (χ4v) is 3.28. The fourth-order valence-electron chi connectivity index (χ4n) is 2.14. The Morgan fingerprint density at radius 2 is 1.52 bits per heavy atom. The van der Waals surface area contributed by atoms with Crippen molar-refractivity contribution in [2.24, 2.45) is 4.99 Å². The minimum Gasteiger partial charge on any atom is -0.255 e. The van der Waals surface area contributed by atoms with Crippen LogP contribution in [0.1, 0.15) is 11.1 Å². The Bertz CT molecular complexity index is 800. The number of halogens is 1. The Balaban J connectivity index is 1.77. The molecule has 1 nitrogen and oxygen atoms in total. The maximum absolute atomic E-state index is 6.18. The summed E-state index contributed by atoms with van der Waals surface area (Å²) in [7, 11) is 0. The number of aliphatic imine (C=N–C) groups is 1. The van der Waals surface area contributed by atoms with Gasteiger partial charge in [-0.05, 0) is 23.8 Å². The summed E-state index contributed by atoms with van der Waals surface area (Å²) in [5, 5.41) is 0.714. The van der Waals surface area contributed by atoms with Gasteiger partial charge in [-0.15, -0.1) is 11.8 Å². The van der Waals surface area contributed by atoms with E-state index < -0.39 is 0 Å². The first-order valence-corrected chi connectivity index (χ1v) is 8.73. The van der Waals surface area contributed by atoms with Gasteiger partial charge in [0.05, 0.1) is 5.69 Å². The van der Waals surface area contributed by atoms with Crippen molar-refractivity contribution in [1.82, 2.24) is 0 Å². The third-order valence-electron chi connectivity index (χ3n) is 3.35. The second-order valence-electron chi connectivity index (χ2n) is 5.02. The van der Waals surface area contributed by atoms with Crippen LogP contribution in [0.3, 0.4) is 0 Å². The molecule has 0 amide bonds. The van der Waals surface area contributed by atoms with Crippen molar-refractivity contribution in [2.45, 2.75) is 10.6 Å². The van der Waals surface area contributed by atoms with Gasteiger partial charge in [-0.1, -0.05) is 72.3 Å². The minimum atomic E-state index is 0.714. The molecule has 0 aliphatic carbocycles. The lowest BCUT2D eigenvalue weighted by Crippen LogP contribution is -1.83. The van der Waals surface area contributed by atoms with Crippen LogP contribution < -0.4 is 0 Å². The van der Waals surface area contributed by atoms with Crippen LogP contribution in [0.4, 0.5) is 5.69 Å². The molecule has 0 aliphatic heterocycles. The maximum atomic E-state index is 6.18. The number of hydrogen-bond donors (Lipinski definition) is 0. The molecule has 3 heteroatoms. The van der Waals surface area contributed by atoms with Crippen molar-refractivity contribution < 1.29 is 0 Å². The quantitative estimate of drug-likeness (QED) is 0.388. The Hall–Kier alpha value is -2.03. The monoisotopic (exact) mass is 337 g/mol. The number of hydrogen-bond acceptors (Lipinski definition) is 2. The van der Waals surface area contributed by atoms with E-state index in [-0.39, 0.29) is 0 Å². The molecular weight excluding hydrogens is 322 g/mol. The summed E-state index contributed by atoms with van der Waals surface area (Å²) in [6, 6.07) is 26.4. The smallest absolute Gasteiger partial charge is 0.0765 e. The molecule has 23 heavy (non-hydrogen) atoms. The standard InChI is InChI=1S/C20H16ClNS/c21-18-11-5-4-10-17(18)14-22-19-12-6-7-13-20(19)23-15-16-8-2-1-3-9-16/h1-14H,15H2. The Labute approximate surface area is 146 Å². The van der Waals surface area contributed by atoms with Gasteiger partial charge in [0.1, 0.15) is 0 Å². The van der Waals surface area contributed by atoms with Gasteiger partial charge in [0.25, 0.3) is 0 Å². The second-order valence-corrected chi connectivity index (χ2v) is 6.45. The first-order valence-electron chi connectivity index (χ1n) is 7.37. The van der Waals surface area contributed by atoms with E-state index in [9.17, 15) is 0 Å². The fraction of sp³-hybridized carbons (Fsp3) is 0.0500. The highest BCUT2D eigenvalue weighted by Gasteiger charge is 2.02. The van der Waals surface area contributed by atoms with Crippen molar-refractivity contribution >= 4 is 35.3 Å².